The van der Waals surface area contributed by atoms with Crippen LogP contribution >= 0.6 is 0 Å². The minimum atomic E-state index is -1.20. The van der Waals surface area contributed by atoms with Gasteiger partial charge in [-0.2, -0.15) is 5.10 Å². The van der Waals surface area contributed by atoms with Crippen molar-refractivity contribution in [2.24, 2.45) is 0 Å². The fraction of sp³-hybridized carbons (Fsp3) is 0.444. The van der Waals surface area contributed by atoms with Gasteiger partial charge in [-0.15, -0.1) is 0 Å². The largest absolute Gasteiger partial charge is 0.380 e. The molecule has 1 aliphatic rings. The quantitative estimate of drug-likeness (QED) is 0.912. The first-order valence-electron chi connectivity index (χ1n) is 8.10. The van der Waals surface area contributed by atoms with E-state index >= 15 is 0 Å². The monoisotopic (exact) mass is 313 g/mol. The minimum Gasteiger partial charge on any atom is -0.380 e. The molecule has 23 heavy (non-hydrogen) atoms. The molecule has 1 amide bonds. The Morgan fingerprint density at radius 3 is 2.70 bits per heavy atom. The molecule has 5 heteroatoms. The van der Waals surface area contributed by atoms with Gasteiger partial charge >= 0.3 is 0 Å². The minimum absolute atomic E-state index is 0.293. The van der Waals surface area contributed by atoms with Gasteiger partial charge in [0.2, 0.25) is 0 Å². The number of carbonyl (C=O) groups is 1. The molecule has 0 bridgehead atoms. The average molecular weight is 313 g/mol. The van der Waals surface area contributed by atoms with Crippen molar-refractivity contribution in [2.75, 3.05) is 5.32 Å². The summed E-state index contributed by atoms with van der Waals surface area (Å²) in [6, 6.07) is 9.75. The zero-order valence-corrected chi connectivity index (χ0v) is 13.7. The van der Waals surface area contributed by atoms with Gasteiger partial charge in [0.15, 0.2) is 0 Å². The highest BCUT2D eigenvalue weighted by Gasteiger charge is 2.38. The number of anilines is 1. The Morgan fingerprint density at radius 1 is 1.30 bits per heavy atom. The first-order chi connectivity index (χ1) is 11.0. The first-order valence-corrected chi connectivity index (χ1v) is 8.10. The molecule has 3 rings (SSSR count). The summed E-state index contributed by atoms with van der Waals surface area (Å²) < 4.78 is 1.95. The Hall–Kier alpha value is -2.14. The van der Waals surface area contributed by atoms with Crippen LogP contribution in [-0.2, 0) is 11.3 Å². The summed E-state index contributed by atoms with van der Waals surface area (Å²) in [4.78, 5) is 12.3. The van der Waals surface area contributed by atoms with E-state index in [9.17, 15) is 9.90 Å². The van der Waals surface area contributed by atoms with Gasteiger partial charge in [-0.1, -0.05) is 12.1 Å². The number of aromatic nitrogens is 2. The average Bonchev–Trinajstić information content (AvgIpc) is 3.07. The third-order valence-electron chi connectivity index (χ3n) is 4.47. The van der Waals surface area contributed by atoms with E-state index in [0.29, 0.717) is 25.1 Å². The second-order valence-electron chi connectivity index (χ2n) is 6.48. The molecule has 1 aromatic carbocycles. The van der Waals surface area contributed by atoms with E-state index in [-0.39, 0.29) is 5.91 Å². The molecular formula is C18H23N3O2. The number of nitrogens with one attached hydrogen (secondary N) is 1. The number of aryl methyl sites for hydroxylation is 2. The highest BCUT2D eigenvalue weighted by molar-refractivity contribution is 5.97. The van der Waals surface area contributed by atoms with E-state index < -0.39 is 5.60 Å². The highest BCUT2D eigenvalue weighted by atomic mass is 16.3. The molecule has 2 aromatic rings. The number of benzene rings is 1. The van der Waals surface area contributed by atoms with E-state index in [1.54, 1.807) is 0 Å². The van der Waals surface area contributed by atoms with Gasteiger partial charge in [-0.3, -0.25) is 9.48 Å². The third kappa shape index (κ3) is 3.45. The maximum absolute atomic E-state index is 12.3. The first kappa shape index (κ1) is 15.7. The number of rotatable bonds is 4. The summed E-state index contributed by atoms with van der Waals surface area (Å²) in [7, 11) is 0. The molecule has 0 radical (unpaired) electrons. The lowest BCUT2D eigenvalue weighted by Crippen LogP contribution is -2.40. The van der Waals surface area contributed by atoms with Crippen LogP contribution in [0.2, 0.25) is 0 Å². The van der Waals surface area contributed by atoms with Crippen LogP contribution in [0, 0.1) is 13.8 Å². The Morgan fingerprint density at radius 2 is 2.04 bits per heavy atom. The molecule has 0 saturated heterocycles. The number of carbonyl (C=O) groups excluding carboxylic acids is 1. The van der Waals surface area contributed by atoms with Crippen LogP contribution < -0.4 is 5.32 Å². The molecule has 1 saturated carbocycles. The molecule has 5 nitrogen and oxygen atoms in total. The molecule has 0 spiro atoms. The molecule has 2 N–H and O–H groups in total. The van der Waals surface area contributed by atoms with Crippen molar-refractivity contribution in [3.63, 3.8) is 0 Å². The van der Waals surface area contributed by atoms with Crippen molar-refractivity contribution in [3.05, 3.63) is 47.3 Å². The lowest BCUT2D eigenvalue weighted by molar-refractivity contribution is -0.133. The molecule has 1 heterocycles. The summed E-state index contributed by atoms with van der Waals surface area (Å²) in [5, 5.41) is 17.6. The second-order valence-corrected chi connectivity index (χ2v) is 6.48. The number of hydrogen-bond acceptors (Lipinski definition) is 3. The summed E-state index contributed by atoms with van der Waals surface area (Å²) >= 11 is 0. The van der Waals surface area contributed by atoms with Gasteiger partial charge in [0.1, 0.15) is 5.60 Å². The van der Waals surface area contributed by atoms with Gasteiger partial charge in [-0.25, -0.2) is 0 Å². The molecule has 122 valence electrons. The summed E-state index contributed by atoms with van der Waals surface area (Å²) in [6.07, 6.45) is 2.90. The third-order valence-corrected chi connectivity index (χ3v) is 4.47. The maximum Gasteiger partial charge on any atom is 0.256 e. The number of nitrogens with zero attached hydrogens (tertiary/aromatic N) is 2. The van der Waals surface area contributed by atoms with Gasteiger partial charge in [-0.05, 0) is 63.3 Å². The SMILES string of the molecule is Cc1cc(C)n(Cc2cccc(NC(=O)C3(O)CCCC3)c2)n1. The Labute approximate surface area is 136 Å². The van der Waals surface area contributed by atoms with Gasteiger partial charge < -0.3 is 10.4 Å². The van der Waals surface area contributed by atoms with Crippen LogP contribution in [0.15, 0.2) is 30.3 Å². The Bertz CT molecular complexity index is 715. The second kappa shape index (κ2) is 6.16. The molecule has 0 unspecified atom stereocenters. The predicted octanol–water partition coefficient (Wildman–Crippen LogP) is 2.79. The molecular weight excluding hydrogens is 290 g/mol. The van der Waals surface area contributed by atoms with Crippen molar-refractivity contribution in [3.8, 4) is 0 Å². The fourth-order valence-corrected chi connectivity index (χ4v) is 3.19. The summed E-state index contributed by atoms with van der Waals surface area (Å²) in [5.74, 6) is -0.293. The number of aliphatic hydroxyl groups is 1. The summed E-state index contributed by atoms with van der Waals surface area (Å²) in [6.45, 7) is 4.66. The number of hydrogen-bond donors (Lipinski definition) is 2. The van der Waals surface area contributed by atoms with Crippen molar-refractivity contribution in [1.82, 2.24) is 9.78 Å². The van der Waals surface area contributed by atoms with Gasteiger partial charge in [0.05, 0.1) is 12.2 Å². The van der Waals surface area contributed by atoms with E-state index in [4.69, 9.17) is 0 Å². The molecule has 0 atom stereocenters. The van der Waals surface area contributed by atoms with E-state index in [0.717, 1.165) is 29.8 Å². The molecule has 1 aliphatic carbocycles. The maximum atomic E-state index is 12.3. The Balaban J connectivity index is 1.72. The lowest BCUT2D eigenvalue weighted by Gasteiger charge is -2.21. The van der Waals surface area contributed by atoms with Crippen molar-refractivity contribution < 1.29 is 9.90 Å². The summed E-state index contributed by atoms with van der Waals surface area (Å²) in [5.41, 5.74) is 2.68. The molecule has 1 aromatic heterocycles. The Kier molecular flexibility index (Phi) is 4.22. The molecule has 1 fully saturated rings. The van der Waals surface area contributed by atoms with Gasteiger partial charge in [0, 0.05) is 11.4 Å². The lowest BCUT2D eigenvalue weighted by atomic mass is 10.0. The van der Waals surface area contributed by atoms with E-state index in [1.165, 1.54) is 0 Å². The fourth-order valence-electron chi connectivity index (χ4n) is 3.19. The van der Waals surface area contributed by atoms with Crippen LogP contribution in [0.25, 0.3) is 0 Å². The standard InChI is InChI=1S/C18H23N3O2/c1-13-10-14(2)21(20-13)12-15-6-5-7-16(11-15)19-17(22)18(23)8-3-4-9-18/h5-7,10-11,23H,3-4,8-9,12H2,1-2H3,(H,19,22). The van der Waals surface area contributed by atoms with E-state index in [2.05, 4.69) is 10.4 Å². The van der Waals surface area contributed by atoms with Crippen LogP contribution in [0.4, 0.5) is 5.69 Å². The van der Waals surface area contributed by atoms with Crippen LogP contribution in [-0.4, -0.2) is 26.4 Å². The number of amides is 1. The van der Waals surface area contributed by atoms with Crippen molar-refractivity contribution in [1.29, 1.82) is 0 Å². The van der Waals surface area contributed by atoms with Crippen molar-refractivity contribution in [2.45, 2.75) is 51.7 Å². The van der Waals surface area contributed by atoms with Crippen LogP contribution in [0.1, 0.15) is 42.6 Å². The van der Waals surface area contributed by atoms with Gasteiger partial charge in [0.25, 0.3) is 5.91 Å². The highest BCUT2D eigenvalue weighted by Crippen LogP contribution is 2.30. The van der Waals surface area contributed by atoms with E-state index in [1.807, 2.05) is 48.9 Å². The normalized spacial score (nSPS) is 16.5. The molecule has 0 aliphatic heterocycles. The van der Waals surface area contributed by atoms with Crippen LogP contribution in [0.5, 0.6) is 0 Å². The zero-order valence-electron chi connectivity index (χ0n) is 13.7. The van der Waals surface area contributed by atoms with Crippen molar-refractivity contribution >= 4 is 11.6 Å². The smallest absolute Gasteiger partial charge is 0.256 e. The van der Waals surface area contributed by atoms with Crippen LogP contribution in [0.3, 0.4) is 0 Å². The topological polar surface area (TPSA) is 67.2 Å². The predicted molar refractivity (Wildman–Crippen MR) is 89.3 cm³/mol. The zero-order chi connectivity index (χ0) is 16.4.